The lowest BCUT2D eigenvalue weighted by molar-refractivity contribution is -0.114. The number of fused-ring (bicyclic) bond motifs is 2. The van der Waals surface area contributed by atoms with E-state index in [2.05, 4.69) is 28.6 Å². The van der Waals surface area contributed by atoms with Crippen LogP contribution in [0.4, 0.5) is 0 Å². The van der Waals surface area contributed by atoms with E-state index in [-0.39, 0.29) is 12.0 Å². The molecular weight excluding hydrogens is 240 g/mol. The average Bonchev–Trinajstić information content (AvgIpc) is 2.97. The van der Waals surface area contributed by atoms with Gasteiger partial charge in [0.05, 0.1) is 36.5 Å². The first-order valence-electron chi connectivity index (χ1n) is 6.97. The van der Waals surface area contributed by atoms with Crippen molar-refractivity contribution in [2.24, 2.45) is 11.8 Å². The van der Waals surface area contributed by atoms with Gasteiger partial charge in [-0.3, -0.25) is 0 Å². The molecule has 1 saturated carbocycles. The van der Waals surface area contributed by atoms with Crippen molar-refractivity contribution in [3.63, 3.8) is 0 Å². The summed E-state index contributed by atoms with van der Waals surface area (Å²) in [6.07, 6.45) is 8.73. The molecule has 0 saturated heterocycles. The lowest BCUT2D eigenvalue weighted by Crippen LogP contribution is -2.50. The summed E-state index contributed by atoms with van der Waals surface area (Å²) in [7, 11) is 0. The highest BCUT2D eigenvalue weighted by atomic mass is 16.3. The molecule has 2 heterocycles. The van der Waals surface area contributed by atoms with E-state index in [4.69, 9.17) is 0 Å². The van der Waals surface area contributed by atoms with E-state index in [1.807, 2.05) is 12.5 Å². The van der Waals surface area contributed by atoms with Crippen LogP contribution in [0.25, 0.3) is 5.57 Å². The predicted octanol–water partition coefficient (Wildman–Crippen LogP) is 1.53. The minimum absolute atomic E-state index is 0.115. The lowest BCUT2D eigenvalue weighted by atomic mass is 9.69. The number of aliphatic hydroxyl groups excluding tert-OH is 2. The molecule has 4 nitrogen and oxygen atoms in total. The Kier molecular flexibility index (Phi) is 2.29. The Hall–Kier alpha value is -1.39. The minimum Gasteiger partial charge on any atom is -0.390 e. The van der Waals surface area contributed by atoms with Gasteiger partial charge in [0.15, 0.2) is 0 Å². The topological polar surface area (TPSA) is 58.3 Å². The fourth-order valence-electron chi connectivity index (χ4n) is 3.85. The van der Waals surface area contributed by atoms with Gasteiger partial charge in [0, 0.05) is 11.5 Å². The summed E-state index contributed by atoms with van der Waals surface area (Å²) in [6, 6.07) is 0.172. The van der Waals surface area contributed by atoms with Gasteiger partial charge in [0.25, 0.3) is 0 Å². The van der Waals surface area contributed by atoms with Crippen molar-refractivity contribution in [1.82, 2.24) is 9.55 Å². The number of aromatic nitrogens is 2. The number of rotatable bonds is 1. The molecule has 5 atom stereocenters. The van der Waals surface area contributed by atoms with E-state index >= 15 is 0 Å². The molecule has 19 heavy (non-hydrogen) atoms. The van der Waals surface area contributed by atoms with Gasteiger partial charge in [-0.25, -0.2) is 4.98 Å². The van der Waals surface area contributed by atoms with E-state index in [1.54, 1.807) is 0 Å². The number of allylic oxidation sites excluding steroid dienone is 4. The van der Waals surface area contributed by atoms with E-state index in [1.165, 1.54) is 11.1 Å². The number of imidazole rings is 1. The first-order valence-corrected chi connectivity index (χ1v) is 6.97. The third-order valence-corrected chi connectivity index (χ3v) is 4.93. The molecule has 5 unspecified atom stereocenters. The Morgan fingerprint density at radius 1 is 1.37 bits per heavy atom. The summed E-state index contributed by atoms with van der Waals surface area (Å²) in [4.78, 5) is 4.25. The molecule has 2 N–H and O–H groups in total. The molecule has 3 aliphatic rings. The maximum atomic E-state index is 10.1. The summed E-state index contributed by atoms with van der Waals surface area (Å²) in [5.41, 5.74) is 3.84. The third-order valence-electron chi connectivity index (χ3n) is 4.93. The number of hydrogen-bond donors (Lipinski definition) is 2. The van der Waals surface area contributed by atoms with Gasteiger partial charge in [0.2, 0.25) is 0 Å². The normalized spacial score (nSPS) is 40.1. The Balaban J connectivity index is 1.82. The van der Waals surface area contributed by atoms with Crippen molar-refractivity contribution >= 4 is 5.57 Å². The van der Waals surface area contributed by atoms with E-state index in [9.17, 15) is 10.2 Å². The first kappa shape index (κ1) is 11.4. The quantitative estimate of drug-likeness (QED) is 0.803. The fraction of sp³-hybridized carbons (Fsp3) is 0.533. The molecule has 4 heteroatoms. The molecule has 0 bridgehead atoms. The molecule has 1 aromatic rings. The number of hydrogen-bond acceptors (Lipinski definition) is 3. The Morgan fingerprint density at radius 2 is 2.21 bits per heavy atom. The second kappa shape index (κ2) is 3.81. The van der Waals surface area contributed by atoms with E-state index in [0.717, 1.165) is 12.1 Å². The zero-order valence-electron chi connectivity index (χ0n) is 10.9. The average molecular weight is 258 g/mol. The highest BCUT2D eigenvalue weighted by molar-refractivity contribution is 5.79. The third kappa shape index (κ3) is 1.38. The van der Waals surface area contributed by atoms with Crippen molar-refractivity contribution in [2.45, 2.75) is 38.0 Å². The van der Waals surface area contributed by atoms with Gasteiger partial charge >= 0.3 is 0 Å². The molecule has 1 fully saturated rings. The van der Waals surface area contributed by atoms with Crippen molar-refractivity contribution in [1.29, 1.82) is 0 Å². The van der Waals surface area contributed by atoms with Crippen LogP contribution in [0.2, 0.25) is 0 Å². The molecule has 4 rings (SSSR count). The molecule has 100 valence electrons. The molecule has 0 amide bonds. The summed E-state index contributed by atoms with van der Waals surface area (Å²) in [6.45, 7) is 2.24. The van der Waals surface area contributed by atoms with Crippen LogP contribution in [0.5, 0.6) is 0 Å². The number of aliphatic hydroxyl groups is 2. The zero-order valence-corrected chi connectivity index (χ0v) is 10.9. The van der Waals surface area contributed by atoms with Crippen LogP contribution < -0.4 is 0 Å². The van der Waals surface area contributed by atoms with E-state index < -0.39 is 12.2 Å². The van der Waals surface area contributed by atoms with Crippen molar-refractivity contribution in [3.8, 4) is 0 Å². The van der Waals surface area contributed by atoms with Gasteiger partial charge in [-0.15, -0.1) is 0 Å². The zero-order chi connectivity index (χ0) is 13.1. The SMILES string of the molecule is CC1CC=CC2=C1C(C1CC(O)C1O)n1cncc12. The van der Waals surface area contributed by atoms with Crippen LogP contribution in [0.15, 0.2) is 30.2 Å². The maximum absolute atomic E-state index is 10.1. The van der Waals surface area contributed by atoms with Crippen LogP contribution in [-0.4, -0.2) is 32.0 Å². The predicted molar refractivity (Wildman–Crippen MR) is 71.2 cm³/mol. The van der Waals surface area contributed by atoms with Gasteiger partial charge in [0.1, 0.15) is 0 Å². The fourth-order valence-corrected chi connectivity index (χ4v) is 3.85. The summed E-state index contributed by atoms with van der Waals surface area (Å²) >= 11 is 0. The standard InChI is InChI=1S/C15H18N2O2/c1-8-3-2-4-9-11-6-16-7-17(11)14(13(8)9)10-5-12(18)15(10)19/h2,4,6-8,10,12,14-15,18-19H,3,5H2,1H3. The monoisotopic (exact) mass is 258 g/mol. The van der Waals surface area contributed by atoms with Crippen LogP contribution in [-0.2, 0) is 0 Å². The minimum atomic E-state index is -0.606. The Labute approximate surface area is 112 Å². The lowest BCUT2D eigenvalue weighted by Gasteiger charge is -2.43. The summed E-state index contributed by atoms with van der Waals surface area (Å²) < 4.78 is 2.18. The Bertz CT molecular complexity index is 587. The van der Waals surface area contributed by atoms with Crippen LogP contribution in [0.3, 0.4) is 0 Å². The van der Waals surface area contributed by atoms with Crippen molar-refractivity contribution < 1.29 is 10.2 Å². The van der Waals surface area contributed by atoms with Gasteiger partial charge < -0.3 is 14.8 Å². The highest BCUT2D eigenvalue weighted by Crippen LogP contribution is 2.51. The maximum Gasteiger partial charge on any atom is 0.0956 e. The van der Waals surface area contributed by atoms with Gasteiger partial charge in [-0.05, 0) is 24.3 Å². The highest BCUT2D eigenvalue weighted by Gasteiger charge is 2.49. The second-order valence-electron chi connectivity index (χ2n) is 6.00. The molecule has 1 aromatic heterocycles. The summed E-state index contributed by atoms with van der Waals surface area (Å²) in [5, 5.41) is 19.7. The molecule has 1 aliphatic heterocycles. The van der Waals surface area contributed by atoms with E-state index in [0.29, 0.717) is 12.3 Å². The van der Waals surface area contributed by atoms with Crippen molar-refractivity contribution in [2.75, 3.05) is 0 Å². The van der Waals surface area contributed by atoms with Crippen LogP contribution in [0.1, 0.15) is 31.5 Å². The largest absolute Gasteiger partial charge is 0.390 e. The number of nitrogens with zero attached hydrogens (tertiary/aromatic N) is 2. The Morgan fingerprint density at radius 3 is 2.95 bits per heavy atom. The second-order valence-corrected chi connectivity index (χ2v) is 6.00. The van der Waals surface area contributed by atoms with Gasteiger partial charge in [-0.2, -0.15) is 0 Å². The molecule has 0 radical (unpaired) electrons. The van der Waals surface area contributed by atoms with Crippen LogP contribution in [0, 0.1) is 11.8 Å². The molecular formula is C15H18N2O2. The van der Waals surface area contributed by atoms with Crippen LogP contribution >= 0.6 is 0 Å². The molecule has 0 spiro atoms. The molecule has 0 aromatic carbocycles. The summed E-state index contributed by atoms with van der Waals surface area (Å²) in [5.74, 6) is 0.610. The van der Waals surface area contributed by atoms with Gasteiger partial charge in [-0.1, -0.05) is 19.1 Å². The first-order chi connectivity index (χ1) is 9.18. The smallest absolute Gasteiger partial charge is 0.0956 e. The molecule has 2 aliphatic carbocycles. The van der Waals surface area contributed by atoms with Crippen molar-refractivity contribution in [3.05, 3.63) is 35.9 Å².